The van der Waals surface area contributed by atoms with E-state index in [4.69, 9.17) is 0 Å². The van der Waals surface area contributed by atoms with Crippen molar-refractivity contribution in [2.24, 2.45) is 0 Å². The number of aromatic nitrogens is 1. The summed E-state index contributed by atoms with van der Waals surface area (Å²) in [5.74, 6) is 0. The van der Waals surface area contributed by atoms with E-state index in [1.807, 2.05) is 18.3 Å². The van der Waals surface area contributed by atoms with Crippen LogP contribution in [-0.4, -0.2) is 4.98 Å². The van der Waals surface area contributed by atoms with Crippen molar-refractivity contribution in [2.45, 2.75) is 19.3 Å². The molecule has 1 nitrogen and oxygen atoms in total. The van der Waals surface area contributed by atoms with Gasteiger partial charge in [-0.2, -0.15) is 0 Å². The number of pyridine rings is 1. The number of benzene rings is 5. The highest BCUT2D eigenvalue weighted by molar-refractivity contribution is 5.78. The minimum atomic E-state index is -0.0457. The molecule has 5 aromatic carbocycles. The van der Waals surface area contributed by atoms with Gasteiger partial charge in [0.05, 0.1) is 5.69 Å². The molecule has 0 amide bonds. The van der Waals surface area contributed by atoms with Gasteiger partial charge in [-0.3, -0.25) is 4.98 Å². The van der Waals surface area contributed by atoms with Crippen LogP contribution in [0.4, 0.5) is 0 Å². The fourth-order valence-corrected chi connectivity index (χ4v) is 5.25. The topological polar surface area (TPSA) is 12.9 Å². The molecule has 0 spiro atoms. The van der Waals surface area contributed by atoms with Crippen molar-refractivity contribution in [3.05, 3.63) is 163 Å². The molecule has 6 rings (SSSR count). The molecule has 6 aromatic rings. The molecule has 1 heteroatoms. The van der Waals surface area contributed by atoms with Crippen LogP contribution in [0, 0.1) is 0 Å². The van der Waals surface area contributed by atoms with Gasteiger partial charge in [-0.1, -0.05) is 129 Å². The van der Waals surface area contributed by atoms with Gasteiger partial charge in [0.1, 0.15) is 0 Å². The van der Waals surface area contributed by atoms with Crippen LogP contribution < -0.4 is 0 Å². The van der Waals surface area contributed by atoms with E-state index in [0.29, 0.717) is 0 Å². The molecule has 0 aliphatic carbocycles. The summed E-state index contributed by atoms with van der Waals surface area (Å²) in [5.41, 5.74) is 12.0. The summed E-state index contributed by atoms with van der Waals surface area (Å²) in [6, 6.07) is 52.0. The summed E-state index contributed by atoms with van der Waals surface area (Å²) in [4.78, 5) is 4.52. The third-order valence-corrected chi connectivity index (χ3v) is 7.65. The lowest BCUT2D eigenvalue weighted by Crippen LogP contribution is -2.18. The first-order valence-corrected chi connectivity index (χ1v) is 13.5. The first-order valence-electron chi connectivity index (χ1n) is 13.5. The SMILES string of the molecule is CC(C)(c1ccccc1)c1ccc(-c2cccc(-c3cccc(-c4cccc(-c5ccccn5)c4)c3)c2)cc1. The van der Waals surface area contributed by atoms with Crippen LogP contribution in [0.1, 0.15) is 25.0 Å². The average Bonchev–Trinajstić information content (AvgIpc) is 3.02. The van der Waals surface area contributed by atoms with Gasteiger partial charge in [0, 0.05) is 17.2 Å². The van der Waals surface area contributed by atoms with Gasteiger partial charge in [0.2, 0.25) is 0 Å². The van der Waals surface area contributed by atoms with Crippen LogP contribution in [0.25, 0.3) is 44.6 Å². The molecule has 188 valence electrons. The van der Waals surface area contributed by atoms with E-state index in [1.165, 1.54) is 44.5 Å². The van der Waals surface area contributed by atoms with E-state index in [0.717, 1.165) is 11.3 Å². The molecular formula is C38H31N. The van der Waals surface area contributed by atoms with Gasteiger partial charge in [-0.25, -0.2) is 0 Å². The van der Waals surface area contributed by atoms with Gasteiger partial charge in [-0.15, -0.1) is 0 Å². The monoisotopic (exact) mass is 501 g/mol. The lowest BCUT2D eigenvalue weighted by molar-refractivity contribution is 0.641. The number of rotatable bonds is 6. The predicted octanol–water partition coefficient (Wildman–Crippen LogP) is 10.1. The van der Waals surface area contributed by atoms with Gasteiger partial charge in [0.15, 0.2) is 0 Å². The highest BCUT2D eigenvalue weighted by atomic mass is 14.7. The Bertz CT molecular complexity index is 1700. The van der Waals surface area contributed by atoms with Crippen molar-refractivity contribution in [3.8, 4) is 44.6 Å². The molecule has 0 aliphatic heterocycles. The highest BCUT2D eigenvalue weighted by Crippen LogP contribution is 2.34. The van der Waals surface area contributed by atoms with Gasteiger partial charge in [-0.05, 0) is 74.8 Å². The number of nitrogens with zero attached hydrogens (tertiary/aromatic N) is 1. The second-order valence-corrected chi connectivity index (χ2v) is 10.5. The standard InChI is InChI=1S/C38H31N/c1-38(2,35-17-4-3-5-18-35)36-22-20-28(21-23-36)29-11-8-12-30(25-29)31-13-9-14-32(26-31)33-15-10-16-34(27-33)37-19-6-7-24-39-37/h3-27H,1-2H3. The lowest BCUT2D eigenvalue weighted by atomic mass is 9.78. The van der Waals surface area contributed by atoms with Crippen molar-refractivity contribution >= 4 is 0 Å². The summed E-state index contributed by atoms with van der Waals surface area (Å²) < 4.78 is 0. The average molecular weight is 502 g/mol. The smallest absolute Gasteiger partial charge is 0.0702 e. The molecule has 0 saturated heterocycles. The van der Waals surface area contributed by atoms with Crippen LogP contribution in [0.5, 0.6) is 0 Å². The van der Waals surface area contributed by atoms with Crippen LogP contribution in [-0.2, 0) is 5.41 Å². The van der Waals surface area contributed by atoms with E-state index in [-0.39, 0.29) is 5.41 Å². The summed E-state index contributed by atoms with van der Waals surface area (Å²) >= 11 is 0. The summed E-state index contributed by atoms with van der Waals surface area (Å²) in [7, 11) is 0. The van der Waals surface area contributed by atoms with Crippen molar-refractivity contribution in [3.63, 3.8) is 0 Å². The molecule has 0 aliphatic rings. The zero-order valence-electron chi connectivity index (χ0n) is 22.4. The minimum absolute atomic E-state index is 0.0457. The van der Waals surface area contributed by atoms with E-state index >= 15 is 0 Å². The fraction of sp³-hybridized carbons (Fsp3) is 0.0789. The first kappa shape index (κ1) is 24.6. The Morgan fingerprint density at radius 3 is 1.38 bits per heavy atom. The Hall–Kier alpha value is -4.75. The molecule has 1 heterocycles. The zero-order valence-corrected chi connectivity index (χ0v) is 22.4. The van der Waals surface area contributed by atoms with E-state index < -0.39 is 0 Å². The Morgan fingerprint density at radius 1 is 0.385 bits per heavy atom. The minimum Gasteiger partial charge on any atom is -0.256 e. The Balaban J connectivity index is 1.28. The summed E-state index contributed by atoms with van der Waals surface area (Å²) in [5, 5.41) is 0. The van der Waals surface area contributed by atoms with Crippen molar-refractivity contribution in [1.29, 1.82) is 0 Å². The van der Waals surface area contributed by atoms with E-state index in [2.05, 4.69) is 152 Å². The summed E-state index contributed by atoms with van der Waals surface area (Å²) in [6.07, 6.45) is 1.84. The third-order valence-electron chi connectivity index (χ3n) is 7.65. The molecular weight excluding hydrogens is 470 g/mol. The van der Waals surface area contributed by atoms with Crippen molar-refractivity contribution in [2.75, 3.05) is 0 Å². The van der Waals surface area contributed by atoms with Crippen molar-refractivity contribution < 1.29 is 0 Å². The predicted molar refractivity (Wildman–Crippen MR) is 165 cm³/mol. The molecule has 0 saturated carbocycles. The van der Waals surface area contributed by atoms with Crippen molar-refractivity contribution in [1.82, 2.24) is 4.98 Å². The first-order chi connectivity index (χ1) is 19.1. The highest BCUT2D eigenvalue weighted by Gasteiger charge is 2.22. The molecule has 0 bridgehead atoms. The fourth-order valence-electron chi connectivity index (χ4n) is 5.25. The van der Waals surface area contributed by atoms with Crippen LogP contribution in [0.15, 0.2) is 152 Å². The van der Waals surface area contributed by atoms with Crippen LogP contribution >= 0.6 is 0 Å². The second-order valence-electron chi connectivity index (χ2n) is 10.5. The number of hydrogen-bond acceptors (Lipinski definition) is 1. The molecule has 0 N–H and O–H groups in total. The normalized spacial score (nSPS) is 11.3. The molecule has 0 atom stereocenters. The Labute approximate surface area is 231 Å². The third kappa shape index (κ3) is 5.17. The molecule has 0 radical (unpaired) electrons. The summed E-state index contributed by atoms with van der Waals surface area (Å²) in [6.45, 7) is 4.58. The maximum Gasteiger partial charge on any atom is 0.0702 e. The molecule has 1 aromatic heterocycles. The largest absolute Gasteiger partial charge is 0.256 e. The van der Waals surface area contributed by atoms with Gasteiger partial charge in [0.25, 0.3) is 0 Å². The maximum absolute atomic E-state index is 4.52. The molecule has 39 heavy (non-hydrogen) atoms. The zero-order chi connectivity index (χ0) is 26.7. The van der Waals surface area contributed by atoms with Gasteiger partial charge >= 0.3 is 0 Å². The van der Waals surface area contributed by atoms with E-state index in [9.17, 15) is 0 Å². The number of hydrogen-bond donors (Lipinski definition) is 0. The van der Waals surface area contributed by atoms with Crippen LogP contribution in [0.2, 0.25) is 0 Å². The second kappa shape index (κ2) is 10.6. The Kier molecular flexibility index (Phi) is 6.65. The molecule has 0 fully saturated rings. The Morgan fingerprint density at radius 2 is 0.846 bits per heavy atom. The quantitative estimate of drug-likeness (QED) is 0.221. The lowest BCUT2D eigenvalue weighted by Gasteiger charge is -2.26. The van der Waals surface area contributed by atoms with Gasteiger partial charge < -0.3 is 0 Å². The maximum atomic E-state index is 4.52. The van der Waals surface area contributed by atoms with Crippen LogP contribution in [0.3, 0.4) is 0 Å². The molecule has 0 unspecified atom stereocenters. The van der Waals surface area contributed by atoms with E-state index in [1.54, 1.807) is 0 Å².